The molecule has 0 saturated heterocycles. The molecule has 0 heterocycles. The lowest BCUT2D eigenvalue weighted by atomic mass is 9.81. The molecule has 0 fully saturated rings. The molecule has 0 saturated carbocycles. The van der Waals surface area contributed by atoms with Gasteiger partial charge in [0, 0.05) is 10.0 Å². The summed E-state index contributed by atoms with van der Waals surface area (Å²) in [5, 5.41) is 12.2. The number of halogens is 2. The second-order valence-corrected chi connectivity index (χ2v) is 8.34. The van der Waals surface area contributed by atoms with Gasteiger partial charge in [0.1, 0.15) is 0 Å². The van der Waals surface area contributed by atoms with Crippen LogP contribution in [0.2, 0.25) is 10.0 Å². The first kappa shape index (κ1) is 25.8. The zero-order valence-electron chi connectivity index (χ0n) is 19.1. The van der Waals surface area contributed by atoms with E-state index < -0.39 is 17.7 Å². The lowest BCUT2D eigenvalue weighted by molar-refractivity contribution is -0.170. The van der Waals surface area contributed by atoms with Crippen LogP contribution in [0.5, 0.6) is 11.5 Å². The quantitative estimate of drug-likeness (QED) is 0.389. The van der Waals surface area contributed by atoms with Crippen LogP contribution in [-0.2, 0) is 26.3 Å². The van der Waals surface area contributed by atoms with E-state index >= 15 is 0 Å². The van der Waals surface area contributed by atoms with Gasteiger partial charge in [-0.1, -0.05) is 53.5 Å². The summed E-state index contributed by atoms with van der Waals surface area (Å²) in [5.41, 5.74) is 0.416. The fourth-order valence-corrected chi connectivity index (χ4v) is 4.02. The van der Waals surface area contributed by atoms with Crippen molar-refractivity contribution in [2.75, 3.05) is 27.9 Å². The standard InChI is InChI=1S/C26H26Cl2O6/c1-31-22-13-4-17(16-23(22)32-2)14-15-34-26(24(29)25(30)33-3,18-5-9-20(27)10-6-18)19-7-11-21(28)12-8-19/h4-13,16,24,29H,14-15H2,1-3H3. The van der Waals surface area contributed by atoms with Gasteiger partial charge in [-0.25, -0.2) is 4.79 Å². The van der Waals surface area contributed by atoms with Gasteiger partial charge in [0.2, 0.25) is 0 Å². The number of esters is 1. The Morgan fingerprint density at radius 2 is 1.38 bits per heavy atom. The molecule has 0 aliphatic carbocycles. The van der Waals surface area contributed by atoms with E-state index in [1.807, 2.05) is 18.2 Å². The zero-order chi connectivity index (χ0) is 24.7. The van der Waals surface area contributed by atoms with Gasteiger partial charge < -0.3 is 24.1 Å². The van der Waals surface area contributed by atoms with Crippen molar-refractivity contribution < 1.29 is 28.8 Å². The summed E-state index contributed by atoms with van der Waals surface area (Å²) >= 11 is 12.2. The molecule has 3 rings (SSSR count). The van der Waals surface area contributed by atoms with Crippen molar-refractivity contribution in [2.24, 2.45) is 0 Å². The minimum absolute atomic E-state index is 0.161. The Hall–Kier alpha value is -2.77. The normalized spacial score (nSPS) is 12.2. The largest absolute Gasteiger partial charge is 0.493 e. The molecule has 6 nitrogen and oxygen atoms in total. The first-order valence-corrected chi connectivity index (χ1v) is 11.2. The van der Waals surface area contributed by atoms with Crippen LogP contribution in [0.4, 0.5) is 0 Å². The Labute approximate surface area is 208 Å². The Morgan fingerprint density at radius 3 is 1.85 bits per heavy atom. The second-order valence-electron chi connectivity index (χ2n) is 7.46. The maximum atomic E-state index is 12.6. The van der Waals surface area contributed by atoms with E-state index in [0.29, 0.717) is 39.1 Å². The summed E-state index contributed by atoms with van der Waals surface area (Å²) in [6.07, 6.45) is -1.19. The van der Waals surface area contributed by atoms with E-state index in [2.05, 4.69) is 0 Å². The number of rotatable bonds is 10. The van der Waals surface area contributed by atoms with Gasteiger partial charge in [-0.15, -0.1) is 0 Å². The van der Waals surface area contributed by atoms with E-state index in [1.54, 1.807) is 62.8 Å². The lowest BCUT2D eigenvalue weighted by Gasteiger charge is -2.38. The molecule has 34 heavy (non-hydrogen) atoms. The van der Waals surface area contributed by atoms with E-state index in [9.17, 15) is 9.90 Å². The Bertz CT molecular complexity index is 1050. The minimum Gasteiger partial charge on any atom is -0.493 e. The average Bonchev–Trinajstić information content (AvgIpc) is 2.87. The molecule has 0 aromatic heterocycles. The van der Waals surface area contributed by atoms with Crippen molar-refractivity contribution >= 4 is 29.2 Å². The number of ether oxygens (including phenoxy) is 4. The molecule has 0 bridgehead atoms. The lowest BCUT2D eigenvalue weighted by Crippen LogP contribution is -2.48. The first-order valence-electron chi connectivity index (χ1n) is 10.5. The number of benzene rings is 3. The Morgan fingerprint density at radius 1 is 0.853 bits per heavy atom. The van der Waals surface area contributed by atoms with Crippen LogP contribution in [-0.4, -0.2) is 45.1 Å². The minimum atomic E-state index is -1.66. The number of hydrogen-bond donors (Lipinski definition) is 1. The molecule has 3 aromatic rings. The molecule has 180 valence electrons. The molecule has 0 aliphatic rings. The van der Waals surface area contributed by atoms with Crippen molar-refractivity contribution in [2.45, 2.75) is 18.1 Å². The highest BCUT2D eigenvalue weighted by Gasteiger charge is 2.47. The SMILES string of the molecule is COC(=O)C(O)C(OCCc1ccc(OC)c(OC)c1)(c1ccc(Cl)cc1)c1ccc(Cl)cc1. The third-order valence-electron chi connectivity index (χ3n) is 5.52. The highest BCUT2D eigenvalue weighted by molar-refractivity contribution is 6.30. The summed E-state index contributed by atoms with van der Waals surface area (Å²) in [6.45, 7) is 0.161. The van der Waals surface area contributed by atoms with E-state index in [-0.39, 0.29) is 6.61 Å². The molecule has 0 spiro atoms. The molecule has 3 aromatic carbocycles. The van der Waals surface area contributed by atoms with E-state index in [4.69, 9.17) is 42.1 Å². The molecule has 1 atom stereocenters. The summed E-state index contributed by atoms with van der Waals surface area (Å²) in [6, 6.07) is 19.1. The molecule has 1 N–H and O–H groups in total. The maximum Gasteiger partial charge on any atom is 0.338 e. The topological polar surface area (TPSA) is 74.2 Å². The van der Waals surface area contributed by atoms with Crippen LogP contribution in [0.3, 0.4) is 0 Å². The molecule has 0 aliphatic heterocycles. The van der Waals surface area contributed by atoms with Gasteiger partial charge in [-0.3, -0.25) is 0 Å². The molecule has 0 radical (unpaired) electrons. The van der Waals surface area contributed by atoms with E-state index in [0.717, 1.165) is 5.56 Å². The Balaban J connectivity index is 2.03. The van der Waals surface area contributed by atoms with Gasteiger partial charge in [-0.05, 0) is 59.5 Å². The summed E-state index contributed by atoms with van der Waals surface area (Å²) in [4.78, 5) is 12.6. The number of aliphatic hydroxyl groups excluding tert-OH is 1. The summed E-state index contributed by atoms with van der Waals surface area (Å²) in [5.74, 6) is 0.372. The molecular weight excluding hydrogens is 479 g/mol. The van der Waals surface area contributed by atoms with Crippen LogP contribution < -0.4 is 9.47 Å². The van der Waals surface area contributed by atoms with Crippen molar-refractivity contribution in [3.63, 3.8) is 0 Å². The van der Waals surface area contributed by atoms with Crippen LogP contribution in [0.15, 0.2) is 66.7 Å². The zero-order valence-corrected chi connectivity index (χ0v) is 20.6. The summed E-state index contributed by atoms with van der Waals surface area (Å²) in [7, 11) is 4.35. The third kappa shape index (κ3) is 5.47. The number of carbonyl (C=O) groups is 1. The van der Waals surface area contributed by atoms with Crippen molar-refractivity contribution in [3.8, 4) is 11.5 Å². The first-order chi connectivity index (χ1) is 16.3. The maximum absolute atomic E-state index is 12.6. The molecule has 8 heteroatoms. The number of aliphatic hydroxyl groups is 1. The van der Waals surface area contributed by atoms with Crippen LogP contribution in [0, 0.1) is 0 Å². The fourth-order valence-electron chi connectivity index (χ4n) is 3.77. The van der Waals surface area contributed by atoms with Gasteiger partial charge in [-0.2, -0.15) is 0 Å². The fraction of sp³-hybridized carbons (Fsp3) is 0.269. The number of hydrogen-bond acceptors (Lipinski definition) is 6. The Kier molecular flexibility index (Phi) is 8.80. The van der Waals surface area contributed by atoms with Gasteiger partial charge in [0.05, 0.1) is 27.9 Å². The van der Waals surface area contributed by atoms with Crippen LogP contribution >= 0.6 is 23.2 Å². The van der Waals surface area contributed by atoms with E-state index in [1.165, 1.54) is 7.11 Å². The number of carbonyl (C=O) groups excluding carboxylic acids is 1. The van der Waals surface area contributed by atoms with Crippen LogP contribution in [0.25, 0.3) is 0 Å². The predicted molar refractivity (Wildman–Crippen MR) is 131 cm³/mol. The highest BCUT2D eigenvalue weighted by atomic mass is 35.5. The molecule has 1 unspecified atom stereocenters. The number of methoxy groups -OCH3 is 3. The highest BCUT2D eigenvalue weighted by Crippen LogP contribution is 2.39. The van der Waals surface area contributed by atoms with Crippen molar-refractivity contribution in [1.29, 1.82) is 0 Å². The van der Waals surface area contributed by atoms with Crippen LogP contribution in [0.1, 0.15) is 16.7 Å². The van der Waals surface area contributed by atoms with Gasteiger partial charge in [0.15, 0.2) is 23.2 Å². The molecular formula is C26H26Cl2O6. The monoisotopic (exact) mass is 504 g/mol. The van der Waals surface area contributed by atoms with Gasteiger partial charge in [0.25, 0.3) is 0 Å². The molecule has 0 amide bonds. The predicted octanol–water partition coefficient (Wildman–Crippen LogP) is 5.05. The van der Waals surface area contributed by atoms with Crippen molar-refractivity contribution in [1.82, 2.24) is 0 Å². The average molecular weight is 505 g/mol. The smallest absolute Gasteiger partial charge is 0.338 e. The third-order valence-corrected chi connectivity index (χ3v) is 6.03. The van der Waals surface area contributed by atoms with Gasteiger partial charge >= 0.3 is 5.97 Å². The summed E-state index contributed by atoms with van der Waals surface area (Å²) < 4.78 is 21.9. The van der Waals surface area contributed by atoms with Crippen molar-refractivity contribution in [3.05, 3.63) is 93.5 Å². The second kappa shape index (κ2) is 11.6.